The molecule has 0 aliphatic heterocycles. The van der Waals surface area contributed by atoms with Crippen LogP contribution in [-0.4, -0.2) is 15.6 Å². The number of ketones is 1. The molecule has 0 amide bonds. The number of nitriles is 1. The molecule has 2 rings (SSSR count). The number of para-hydroxylation sites is 1. The van der Waals surface area contributed by atoms with Gasteiger partial charge in [0.2, 0.25) is 0 Å². The number of nitrogen functional groups attached to an aromatic ring is 1. The van der Waals surface area contributed by atoms with Crippen LogP contribution in [0.4, 0.5) is 5.82 Å². The van der Waals surface area contributed by atoms with E-state index in [4.69, 9.17) is 11.0 Å². The maximum Gasteiger partial charge on any atom is 0.181 e. The predicted molar refractivity (Wildman–Crippen MR) is 74.0 cm³/mol. The number of hydrogen-bond donors (Lipinski definition) is 1. The summed E-state index contributed by atoms with van der Waals surface area (Å²) in [4.78, 5) is 11.3. The second-order valence-electron chi connectivity index (χ2n) is 3.52. The first-order valence-electron chi connectivity index (χ1n) is 6.00. The lowest BCUT2D eigenvalue weighted by Crippen LogP contribution is -2.02. The highest BCUT2D eigenvalue weighted by Crippen LogP contribution is 2.20. The van der Waals surface area contributed by atoms with Crippen LogP contribution in [0.2, 0.25) is 0 Å². The standard InChI is InChI=1S/C12H10N4O.C2H6/c1-8(17)11-10(7-13)12(14)16(15-11)9-5-3-2-4-6-9;1-2/h2-6H,14H2,1H3;1-2H3. The SMILES string of the molecule is CC.CC(=O)c1nn(-c2ccccc2)c(N)c1C#N. The monoisotopic (exact) mass is 256 g/mol. The Morgan fingerprint density at radius 2 is 1.89 bits per heavy atom. The Morgan fingerprint density at radius 1 is 1.32 bits per heavy atom. The average Bonchev–Trinajstić information content (AvgIpc) is 2.79. The lowest BCUT2D eigenvalue weighted by molar-refractivity contribution is 0.101. The van der Waals surface area contributed by atoms with Gasteiger partial charge in [-0.1, -0.05) is 32.0 Å². The van der Waals surface area contributed by atoms with E-state index < -0.39 is 0 Å². The normalized spacial score (nSPS) is 9.16. The van der Waals surface area contributed by atoms with Gasteiger partial charge in [-0.15, -0.1) is 0 Å². The third-order valence-electron chi connectivity index (χ3n) is 2.37. The third-order valence-corrected chi connectivity index (χ3v) is 2.37. The fraction of sp³-hybridized carbons (Fsp3) is 0.214. The minimum atomic E-state index is -0.275. The third kappa shape index (κ3) is 2.80. The number of nitrogens with zero attached hydrogens (tertiary/aromatic N) is 3. The zero-order chi connectivity index (χ0) is 14.4. The molecule has 0 atom stereocenters. The van der Waals surface area contributed by atoms with Gasteiger partial charge in [0, 0.05) is 6.92 Å². The van der Waals surface area contributed by atoms with Crippen LogP contribution in [0.3, 0.4) is 0 Å². The number of nitrogens with two attached hydrogens (primary N) is 1. The second-order valence-corrected chi connectivity index (χ2v) is 3.52. The largest absolute Gasteiger partial charge is 0.382 e. The molecular formula is C14H16N4O. The maximum atomic E-state index is 11.3. The van der Waals surface area contributed by atoms with Crippen LogP contribution >= 0.6 is 0 Å². The Labute approximate surface area is 112 Å². The van der Waals surface area contributed by atoms with Crippen molar-refractivity contribution in [3.05, 3.63) is 41.6 Å². The summed E-state index contributed by atoms with van der Waals surface area (Å²) in [5.41, 5.74) is 6.76. The van der Waals surface area contributed by atoms with E-state index in [0.29, 0.717) is 5.69 Å². The van der Waals surface area contributed by atoms with Gasteiger partial charge >= 0.3 is 0 Å². The molecule has 98 valence electrons. The Kier molecular flexibility index (Phi) is 4.84. The first-order chi connectivity index (χ1) is 9.15. The van der Waals surface area contributed by atoms with E-state index >= 15 is 0 Å². The number of rotatable bonds is 2. The topological polar surface area (TPSA) is 84.7 Å². The van der Waals surface area contributed by atoms with E-state index in [0.717, 1.165) is 0 Å². The molecule has 0 radical (unpaired) electrons. The zero-order valence-corrected chi connectivity index (χ0v) is 11.2. The first kappa shape index (κ1) is 14.5. The molecule has 0 unspecified atom stereocenters. The molecule has 0 spiro atoms. The molecular weight excluding hydrogens is 240 g/mol. The lowest BCUT2D eigenvalue weighted by atomic mass is 10.2. The van der Waals surface area contributed by atoms with Crippen LogP contribution in [0.25, 0.3) is 5.69 Å². The molecule has 0 aliphatic rings. The fourth-order valence-corrected chi connectivity index (χ4v) is 1.55. The van der Waals surface area contributed by atoms with Gasteiger partial charge in [-0.3, -0.25) is 4.79 Å². The Morgan fingerprint density at radius 3 is 2.32 bits per heavy atom. The highest BCUT2D eigenvalue weighted by atomic mass is 16.1. The lowest BCUT2D eigenvalue weighted by Gasteiger charge is -2.02. The van der Waals surface area contributed by atoms with Gasteiger partial charge in [-0.2, -0.15) is 10.4 Å². The summed E-state index contributed by atoms with van der Waals surface area (Å²) < 4.78 is 1.40. The molecule has 0 aliphatic carbocycles. The van der Waals surface area contributed by atoms with Gasteiger partial charge in [0.25, 0.3) is 0 Å². The Hall–Kier alpha value is -2.61. The zero-order valence-electron chi connectivity index (χ0n) is 11.2. The van der Waals surface area contributed by atoms with Gasteiger partial charge in [0.1, 0.15) is 23.1 Å². The summed E-state index contributed by atoms with van der Waals surface area (Å²) in [5, 5.41) is 13.0. The van der Waals surface area contributed by atoms with Crippen molar-refractivity contribution in [1.29, 1.82) is 5.26 Å². The van der Waals surface area contributed by atoms with E-state index in [1.54, 1.807) is 12.1 Å². The fourth-order valence-electron chi connectivity index (χ4n) is 1.55. The van der Waals surface area contributed by atoms with E-state index in [-0.39, 0.29) is 22.9 Å². The average molecular weight is 256 g/mol. The van der Waals surface area contributed by atoms with Crippen LogP contribution in [0, 0.1) is 11.3 Å². The molecule has 2 aromatic rings. The number of Topliss-reactive ketones (excluding diaryl/α,β-unsaturated/α-hetero) is 1. The molecule has 1 heterocycles. The minimum absolute atomic E-state index is 0.105. The van der Waals surface area contributed by atoms with E-state index in [9.17, 15) is 4.79 Å². The number of carbonyl (C=O) groups excluding carboxylic acids is 1. The van der Waals surface area contributed by atoms with Crippen molar-refractivity contribution in [3.63, 3.8) is 0 Å². The Bertz CT molecular complexity index is 608. The summed E-state index contributed by atoms with van der Waals surface area (Å²) in [6, 6.07) is 11.0. The second kappa shape index (κ2) is 6.36. The molecule has 19 heavy (non-hydrogen) atoms. The van der Waals surface area contributed by atoms with E-state index in [2.05, 4.69) is 5.10 Å². The first-order valence-corrected chi connectivity index (χ1v) is 6.00. The summed E-state index contributed by atoms with van der Waals surface area (Å²) in [5.74, 6) is -0.0909. The van der Waals surface area contributed by atoms with Gasteiger partial charge < -0.3 is 5.73 Å². The van der Waals surface area contributed by atoms with Crippen LogP contribution in [0.1, 0.15) is 36.8 Å². The van der Waals surface area contributed by atoms with Crippen LogP contribution < -0.4 is 5.73 Å². The quantitative estimate of drug-likeness (QED) is 0.837. The molecule has 5 heteroatoms. The highest BCUT2D eigenvalue weighted by Gasteiger charge is 2.19. The van der Waals surface area contributed by atoms with E-state index in [1.165, 1.54) is 11.6 Å². The molecule has 0 fully saturated rings. The number of benzene rings is 1. The molecule has 0 bridgehead atoms. The van der Waals surface area contributed by atoms with Crippen LogP contribution in [-0.2, 0) is 0 Å². The van der Waals surface area contributed by atoms with Gasteiger partial charge in [0.05, 0.1) is 5.69 Å². The summed E-state index contributed by atoms with van der Waals surface area (Å²) in [6.07, 6.45) is 0. The Balaban J connectivity index is 0.000000861. The van der Waals surface area contributed by atoms with Gasteiger partial charge in [-0.25, -0.2) is 4.68 Å². The summed E-state index contributed by atoms with van der Waals surface area (Å²) in [7, 11) is 0. The number of anilines is 1. The van der Waals surface area contributed by atoms with Crippen molar-refractivity contribution in [2.45, 2.75) is 20.8 Å². The molecule has 1 aromatic heterocycles. The van der Waals surface area contributed by atoms with Crippen LogP contribution in [0.15, 0.2) is 30.3 Å². The number of hydrogen-bond acceptors (Lipinski definition) is 4. The summed E-state index contributed by atoms with van der Waals surface area (Å²) >= 11 is 0. The van der Waals surface area contributed by atoms with Crippen molar-refractivity contribution in [1.82, 2.24) is 9.78 Å². The highest BCUT2D eigenvalue weighted by molar-refractivity contribution is 5.96. The van der Waals surface area contributed by atoms with Gasteiger partial charge in [-0.05, 0) is 12.1 Å². The van der Waals surface area contributed by atoms with Crippen molar-refractivity contribution < 1.29 is 4.79 Å². The molecule has 5 nitrogen and oxygen atoms in total. The number of carbonyl (C=O) groups is 1. The predicted octanol–water partition coefficient (Wildman–Crippen LogP) is 2.55. The van der Waals surface area contributed by atoms with Crippen molar-refractivity contribution >= 4 is 11.6 Å². The maximum absolute atomic E-state index is 11.3. The van der Waals surface area contributed by atoms with Crippen molar-refractivity contribution in [2.75, 3.05) is 5.73 Å². The summed E-state index contributed by atoms with van der Waals surface area (Å²) in [6.45, 7) is 5.36. The van der Waals surface area contributed by atoms with E-state index in [1.807, 2.05) is 38.1 Å². The molecule has 1 aromatic carbocycles. The smallest absolute Gasteiger partial charge is 0.181 e. The van der Waals surface area contributed by atoms with Gasteiger partial charge in [0.15, 0.2) is 5.78 Å². The van der Waals surface area contributed by atoms with Crippen molar-refractivity contribution in [3.8, 4) is 11.8 Å². The molecule has 0 saturated carbocycles. The minimum Gasteiger partial charge on any atom is -0.382 e. The molecule has 0 saturated heterocycles. The number of aromatic nitrogens is 2. The molecule has 2 N–H and O–H groups in total. The van der Waals surface area contributed by atoms with Crippen molar-refractivity contribution in [2.24, 2.45) is 0 Å². The van der Waals surface area contributed by atoms with Crippen LogP contribution in [0.5, 0.6) is 0 Å².